The maximum absolute atomic E-state index is 12.8. The third kappa shape index (κ3) is 2.12. The molecule has 0 bridgehead atoms. The number of esters is 1. The van der Waals surface area contributed by atoms with Gasteiger partial charge in [0.25, 0.3) is 0 Å². The quantitative estimate of drug-likeness (QED) is 0.474. The standard InChI is InChI=1S/C23H20O7/c1-10-17(11-6-15(25-2)22-16(7-11)28-9-29-22)20-18(10)23(24)30-14-8-13-12(4-5-27-13)21(26-3)19(14)20/h4-8,10,17-18,20H,9H2,1-3H3. The summed E-state index contributed by atoms with van der Waals surface area (Å²) in [4.78, 5) is 12.8. The zero-order valence-electron chi connectivity index (χ0n) is 16.8. The van der Waals surface area contributed by atoms with Crippen molar-refractivity contribution >= 4 is 16.9 Å². The zero-order valence-corrected chi connectivity index (χ0v) is 16.8. The molecule has 7 nitrogen and oxygen atoms in total. The van der Waals surface area contributed by atoms with Crippen molar-refractivity contribution in [3.63, 3.8) is 0 Å². The van der Waals surface area contributed by atoms with E-state index in [1.165, 1.54) is 0 Å². The van der Waals surface area contributed by atoms with Gasteiger partial charge in [-0.2, -0.15) is 0 Å². The number of benzene rings is 2. The van der Waals surface area contributed by atoms with Crippen molar-refractivity contribution in [2.45, 2.75) is 18.8 Å². The number of furan rings is 1. The Bertz CT molecular complexity index is 1190. The molecule has 3 aliphatic rings. The Morgan fingerprint density at radius 3 is 2.67 bits per heavy atom. The summed E-state index contributed by atoms with van der Waals surface area (Å²) in [5, 5.41) is 0.870. The van der Waals surface area contributed by atoms with Crippen molar-refractivity contribution in [1.82, 2.24) is 0 Å². The van der Waals surface area contributed by atoms with Gasteiger partial charge >= 0.3 is 5.97 Å². The Kier molecular flexibility index (Phi) is 3.54. The van der Waals surface area contributed by atoms with Gasteiger partial charge in [0.2, 0.25) is 12.5 Å². The summed E-state index contributed by atoms with van der Waals surface area (Å²) in [5.74, 6) is 2.75. The highest BCUT2D eigenvalue weighted by Crippen LogP contribution is 2.65. The van der Waals surface area contributed by atoms with E-state index in [-0.39, 0.29) is 36.4 Å². The van der Waals surface area contributed by atoms with Crippen LogP contribution in [0.4, 0.5) is 0 Å². The van der Waals surface area contributed by atoms with Crippen LogP contribution in [0.15, 0.2) is 34.9 Å². The van der Waals surface area contributed by atoms with Crippen molar-refractivity contribution in [3.05, 3.63) is 41.7 Å². The fraction of sp³-hybridized carbons (Fsp3) is 0.348. The van der Waals surface area contributed by atoms with Crippen LogP contribution in [0.5, 0.6) is 28.7 Å². The number of carbonyl (C=O) groups is 1. The van der Waals surface area contributed by atoms with E-state index >= 15 is 0 Å². The molecule has 6 rings (SSSR count). The lowest BCUT2D eigenvalue weighted by atomic mass is 9.52. The van der Waals surface area contributed by atoms with Gasteiger partial charge in [-0.25, -0.2) is 0 Å². The Labute approximate surface area is 172 Å². The molecule has 0 N–H and O–H groups in total. The molecule has 1 aliphatic carbocycles. The molecule has 0 saturated heterocycles. The summed E-state index contributed by atoms with van der Waals surface area (Å²) in [5.41, 5.74) is 2.58. The normalized spacial score (nSPS) is 25.9. The van der Waals surface area contributed by atoms with Crippen molar-refractivity contribution in [2.75, 3.05) is 21.0 Å². The molecule has 0 radical (unpaired) electrons. The molecule has 2 aliphatic heterocycles. The third-order valence-corrected chi connectivity index (χ3v) is 6.70. The molecule has 154 valence electrons. The predicted octanol–water partition coefficient (Wildman–Crippen LogP) is 4.23. The molecule has 2 aromatic carbocycles. The molecule has 0 amide bonds. The van der Waals surface area contributed by atoms with Crippen molar-refractivity contribution < 1.29 is 32.9 Å². The van der Waals surface area contributed by atoms with Gasteiger partial charge in [-0.3, -0.25) is 4.79 Å². The van der Waals surface area contributed by atoms with E-state index in [2.05, 4.69) is 6.92 Å². The van der Waals surface area contributed by atoms with Crippen LogP contribution in [0.2, 0.25) is 0 Å². The van der Waals surface area contributed by atoms with Gasteiger partial charge < -0.3 is 28.1 Å². The van der Waals surface area contributed by atoms with E-state index < -0.39 is 0 Å². The SMILES string of the molecule is COc1cc(C2C(C)C3C(=O)Oc4cc5occc5c(OC)c4C32)cc2c1OCO2. The van der Waals surface area contributed by atoms with Crippen LogP contribution in [0.25, 0.3) is 11.0 Å². The van der Waals surface area contributed by atoms with Crippen LogP contribution < -0.4 is 23.7 Å². The molecule has 0 spiro atoms. The fourth-order valence-electron chi connectivity index (χ4n) is 5.40. The minimum atomic E-state index is -0.239. The average molecular weight is 408 g/mol. The molecular formula is C23H20O7. The number of fused-ring (bicyclic) bond motifs is 5. The molecule has 3 aromatic rings. The van der Waals surface area contributed by atoms with Crippen LogP contribution in [-0.4, -0.2) is 27.0 Å². The number of hydrogen-bond acceptors (Lipinski definition) is 7. The summed E-state index contributed by atoms with van der Waals surface area (Å²) >= 11 is 0. The Hall–Kier alpha value is -3.35. The minimum Gasteiger partial charge on any atom is -0.496 e. The van der Waals surface area contributed by atoms with E-state index in [0.29, 0.717) is 34.3 Å². The summed E-state index contributed by atoms with van der Waals surface area (Å²) < 4.78 is 33.7. The highest BCUT2D eigenvalue weighted by Gasteiger charge is 2.58. The first kappa shape index (κ1) is 17.5. The van der Waals surface area contributed by atoms with Crippen molar-refractivity contribution in [1.29, 1.82) is 0 Å². The van der Waals surface area contributed by atoms with Gasteiger partial charge in [0.05, 0.1) is 31.8 Å². The number of ether oxygens (including phenoxy) is 5. The van der Waals surface area contributed by atoms with Crippen LogP contribution in [-0.2, 0) is 4.79 Å². The molecule has 4 atom stereocenters. The number of carbonyl (C=O) groups excluding carboxylic acids is 1. The van der Waals surface area contributed by atoms with Gasteiger partial charge in [0.15, 0.2) is 11.5 Å². The zero-order chi connectivity index (χ0) is 20.6. The Morgan fingerprint density at radius 2 is 1.87 bits per heavy atom. The summed E-state index contributed by atoms with van der Waals surface area (Å²) in [6, 6.07) is 7.63. The summed E-state index contributed by atoms with van der Waals surface area (Å²) in [7, 11) is 3.24. The van der Waals surface area contributed by atoms with Crippen LogP contribution in [0.1, 0.15) is 29.9 Å². The molecule has 1 aromatic heterocycles. The van der Waals surface area contributed by atoms with Gasteiger partial charge in [-0.1, -0.05) is 6.92 Å². The molecule has 1 saturated carbocycles. The van der Waals surface area contributed by atoms with Crippen molar-refractivity contribution in [3.8, 4) is 28.7 Å². The topological polar surface area (TPSA) is 76.4 Å². The van der Waals surface area contributed by atoms with E-state index in [1.54, 1.807) is 26.5 Å². The Morgan fingerprint density at radius 1 is 1.00 bits per heavy atom. The van der Waals surface area contributed by atoms with E-state index in [4.69, 9.17) is 28.1 Å². The highest BCUT2D eigenvalue weighted by molar-refractivity contribution is 5.92. The highest BCUT2D eigenvalue weighted by atomic mass is 16.7. The van der Waals surface area contributed by atoms with Gasteiger partial charge in [0.1, 0.15) is 17.1 Å². The second kappa shape index (κ2) is 6.08. The predicted molar refractivity (Wildman–Crippen MR) is 106 cm³/mol. The smallest absolute Gasteiger partial charge is 0.315 e. The van der Waals surface area contributed by atoms with Crippen molar-refractivity contribution in [2.24, 2.45) is 11.8 Å². The second-order valence-electron chi connectivity index (χ2n) is 7.97. The lowest BCUT2D eigenvalue weighted by molar-refractivity contribution is -0.150. The third-order valence-electron chi connectivity index (χ3n) is 6.70. The maximum Gasteiger partial charge on any atom is 0.315 e. The number of hydrogen-bond donors (Lipinski definition) is 0. The first-order valence-electron chi connectivity index (χ1n) is 9.89. The Balaban J connectivity index is 1.54. The lowest BCUT2D eigenvalue weighted by Crippen LogP contribution is -2.50. The van der Waals surface area contributed by atoms with E-state index in [1.807, 2.05) is 18.2 Å². The average Bonchev–Trinajstić information content (AvgIpc) is 3.39. The summed E-state index contributed by atoms with van der Waals surface area (Å²) in [6.07, 6.45) is 1.61. The van der Waals surface area contributed by atoms with Gasteiger partial charge in [-0.15, -0.1) is 0 Å². The number of methoxy groups -OCH3 is 2. The first-order valence-corrected chi connectivity index (χ1v) is 9.89. The maximum atomic E-state index is 12.8. The number of rotatable bonds is 3. The molecular weight excluding hydrogens is 388 g/mol. The monoisotopic (exact) mass is 408 g/mol. The molecule has 30 heavy (non-hydrogen) atoms. The van der Waals surface area contributed by atoms with Gasteiger partial charge in [-0.05, 0) is 35.6 Å². The molecule has 1 fully saturated rings. The largest absolute Gasteiger partial charge is 0.496 e. The second-order valence-corrected chi connectivity index (χ2v) is 7.97. The minimum absolute atomic E-state index is 0.0725. The van der Waals surface area contributed by atoms with Crippen LogP contribution in [0.3, 0.4) is 0 Å². The summed E-state index contributed by atoms with van der Waals surface area (Å²) in [6.45, 7) is 2.25. The van der Waals surface area contributed by atoms with Crippen LogP contribution >= 0.6 is 0 Å². The van der Waals surface area contributed by atoms with Crippen LogP contribution in [0, 0.1) is 11.8 Å². The molecule has 4 unspecified atom stereocenters. The van der Waals surface area contributed by atoms with E-state index in [0.717, 1.165) is 16.5 Å². The van der Waals surface area contributed by atoms with E-state index in [9.17, 15) is 4.79 Å². The lowest BCUT2D eigenvalue weighted by Gasteiger charge is -2.52. The molecule has 7 heteroatoms. The fourth-order valence-corrected chi connectivity index (χ4v) is 5.40. The van der Waals surface area contributed by atoms with Gasteiger partial charge in [0, 0.05) is 17.5 Å². The first-order chi connectivity index (χ1) is 14.6. The molecule has 3 heterocycles.